The zero-order valence-electron chi connectivity index (χ0n) is 13.2. The van der Waals surface area contributed by atoms with E-state index in [4.69, 9.17) is 5.73 Å². The molecule has 0 radical (unpaired) electrons. The molecule has 1 aliphatic rings. The average Bonchev–Trinajstić information content (AvgIpc) is 2.94. The van der Waals surface area contributed by atoms with Crippen LogP contribution in [-0.2, 0) is 13.0 Å². The molecule has 0 bridgehead atoms. The standard InChI is InChI=1S/C17H30N2S/c1-3-4-5-6-7-10-17(2,14-18)19-11-8-16-15(13-19)9-12-20-16/h9,12H,3-8,10-11,13-14,18H2,1-2H3. The Balaban J connectivity index is 1.87. The summed E-state index contributed by atoms with van der Waals surface area (Å²) in [6, 6.07) is 2.30. The van der Waals surface area contributed by atoms with Crippen LogP contribution in [0.5, 0.6) is 0 Å². The fourth-order valence-corrected chi connectivity index (χ4v) is 4.10. The number of fused-ring (bicyclic) bond motifs is 1. The van der Waals surface area contributed by atoms with Crippen LogP contribution in [-0.4, -0.2) is 23.5 Å². The topological polar surface area (TPSA) is 29.3 Å². The lowest BCUT2D eigenvalue weighted by Crippen LogP contribution is -2.53. The number of unbranched alkanes of at least 4 members (excludes halogenated alkanes) is 4. The van der Waals surface area contributed by atoms with Crippen molar-refractivity contribution in [3.05, 3.63) is 21.9 Å². The predicted molar refractivity (Wildman–Crippen MR) is 89.3 cm³/mol. The van der Waals surface area contributed by atoms with Crippen molar-refractivity contribution < 1.29 is 0 Å². The van der Waals surface area contributed by atoms with Crippen LogP contribution in [0.15, 0.2) is 11.4 Å². The largest absolute Gasteiger partial charge is 0.329 e. The maximum Gasteiger partial charge on any atom is 0.0307 e. The van der Waals surface area contributed by atoms with Gasteiger partial charge in [0.15, 0.2) is 0 Å². The van der Waals surface area contributed by atoms with Gasteiger partial charge in [0.05, 0.1) is 0 Å². The van der Waals surface area contributed by atoms with Crippen molar-refractivity contribution in [2.45, 2.75) is 70.9 Å². The summed E-state index contributed by atoms with van der Waals surface area (Å²) in [5.41, 5.74) is 7.86. The first-order valence-electron chi connectivity index (χ1n) is 8.20. The molecule has 1 unspecified atom stereocenters. The minimum atomic E-state index is 0.186. The van der Waals surface area contributed by atoms with Crippen LogP contribution in [0.4, 0.5) is 0 Å². The molecular weight excluding hydrogens is 264 g/mol. The van der Waals surface area contributed by atoms with Crippen molar-refractivity contribution >= 4 is 11.3 Å². The van der Waals surface area contributed by atoms with Crippen molar-refractivity contribution in [2.24, 2.45) is 5.73 Å². The van der Waals surface area contributed by atoms with E-state index >= 15 is 0 Å². The molecule has 2 heterocycles. The number of rotatable bonds is 8. The molecule has 2 nitrogen and oxygen atoms in total. The highest BCUT2D eigenvalue weighted by molar-refractivity contribution is 7.10. The summed E-state index contributed by atoms with van der Waals surface area (Å²) < 4.78 is 0. The van der Waals surface area contributed by atoms with Crippen molar-refractivity contribution in [1.29, 1.82) is 0 Å². The van der Waals surface area contributed by atoms with Crippen LogP contribution < -0.4 is 5.73 Å². The predicted octanol–water partition coefficient (Wildman–Crippen LogP) is 4.18. The first-order valence-corrected chi connectivity index (χ1v) is 9.08. The number of nitrogens with zero attached hydrogens (tertiary/aromatic N) is 1. The Labute approximate surface area is 128 Å². The van der Waals surface area contributed by atoms with E-state index < -0.39 is 0 Å². The van der Waals surface area contributed by atoms with Gasteiger partial charge in [0.2, 0.25) is 0 Å². The van der Waals surface area contributed by atoms with Gasteiger partial charge >= 0.3 is 0 Å². The van der Waals surface area contributed by atoms with Gasteiger partial charge in [-0.25, -0.2) is 0 Å². The second-order valence-corrected chi connectivity index (χ2v) is 7.41. The van der Waals surface area contributed by atoms with Crippen LogP contribution >= 0.6 is 11.3 Å². The number of thiophene rings is 1. The summed E-state index contributed by atoms with van der Waals surface area (Å²) in [6.45, 7) is 7.69. The quantitative estimate of drug-likeness (QED) is 0.729. The van der Waals surface area contributed by atoms with Gasteiger partial charge in [-0.05, 0) is 36.8 Å². The van der Waals surface area contributed by atoms with Crippen molar-refractivity contribution in [1.82, 2.24) is 4.90 Å². The second kappa shape index (κ2) is 7.58. The molecule has 1 aromatic rings. The number of hydrogen-bond acceptors (Lipinski definition) is 3. The Hall–Kier alpha value is -0.380. The van der Waals surface area contributed by atoms with Crippen molar-refractivity contribution in [3.63, 3.8) is 0 Å². The van der Waals surface area contributed by atoms with Crippen LogP contribution in [0.1, 0.15) is 62.8 Å². The smallest absolute Gasteiger partial charge is 0.0307 e. The van der Waals surface area contributed by atoms with E-state index in [1.807, 2.05) is 11.3 Å². The van der Waals surface area contributed by atoms with Gasteiger partial charge in [-0.15, -0.1) is 11.3 Å². The van der Waals surface area contributed by atoms with Gasteiger partial charge < -0.3 is 5.73 Å². The molecule has 1 atom stereocenters. The van der Waals surface area contributed by atoms with Gasteiger partial charge in [-0.3, -0.25) is 4.90 Å². The fourth-order valence-electron chi connectivity index (χ4n) is 3.21. The molecule has 20 heavy (non-hydrogen) atoms. The highest BCUT2D eigenvalue weighted by Gasteiger charge is 2.32. The van der Waals surface area contributed by atoms with Gasteiger partial charge in [-0.1, -0.05) is 39.0 Å². The van der Waals surface area contributed by atoms with E-state index in [1.165, 1.54) is 57.1 Å². The third-order valence-electron chi connectivity index (χ3n) is 4.83. The summed E-state index contributed by atoms with van der Waals surface area (Å²) in [7, 11) is 0. The minimum Gasteiger partial charge on any atom is -0.329 e. The molecule has 0 saturated heterocycles. The van der Waals surface area contributed by atoms with Gasteiger partial charge in [0.1, 0.15) is 0 Å². The van der Waals surface area contributed by atoms with Gasteiger partial charge in [0.25, 0.3) is 0 Å². The Morgan fingerprint density at radius 3 is 2.85 bits per heavy atom. The molecule has 3 heteroatoms. The normalized spacial score (nSPS) is 18.8. The monoisotopic (exact) mass is 294 g/mol. The minimum absolute atomic E-state index is 0.186. The lowest BCUT2D eigenvalue weighted by Gasteiger charge is -2.43. The summed E-state index contributed by atoms with van der Waals surface area (Å²) in [6.07, 6.45) is 9.21. The fraction of sp³-hybridized carbons (Fsp3) is 0.765. The average molecular weight is 295 g/mol. The zero-order chi connectivity index (χ0) is 14.4. The van der Waals surface area contributed by atoms with Crippen molar-refractivity contribution in [3.8, 4) is 0 Å². The third kappa shape index (κ3) is 3.84. The number of hydrogen-bond donors (Lipinski definition) is 1. The van der Waals surface area contributed by atoms with E-state index in [1.54, 1.807) is 4.88 Å². The van der Waals surface area contributed by atoms with Crippen LogP contribution in [0.3, 0.4) is 0 Å². The second-order valence-electron chi connectivity index (χ2n) is 6.41. The Bertz CT molecular complexity index is 401. The van der Waals surface area contributed by atoms with E-state index in [0.29, 0.717) is 0 Å². The maximum atomic E-state index is 6.13. The van der Waals surface area contributed by atoms with Crippen molar-refractivity contribution in [2.75, 3.05) is 13.1 Å². The first-order chi connectivity index (χ1) is 9.69. The van der Waals surface area contributed by atoms with E-state index in [9.17, 15) is 0 Å². The Morgan fingerprint density at radius 2 is 2.10 bits per heavy atom. The van der Waals surface area contributed by atoms with E-state index in [-0.39, 0.29) is 5.54 Å². The molecule has 114 valence electrons. The highest BCUT2D eigenvalue weighted by atomic mass is 32.1. The molecule has 2 N–H and O–H groups in total. The van der Waals surface area contributed by atoms with Gasteiger partial charge in [0, 0.05) is 30.1 Å². The number of nitrogens with two attached hydrogens (primary N) is 1. The molecule has 0 spiro atoms. The third-order valence-corrected chi connectivity index (χ3v) is 5.85. The Kier molecular flexibility index (Phi) is 6.06. The summed E-state index contributed by atoms with van der Waals surface area (Å²) in [5.74, 6) is 0. The lowest BCUT2D eigenvalue weighted by molar-refractivity contribution is 0.0848. The molecule has 0 fully saturated rings. The molecule has 0 saturated carbocycles. The molecule has 0 aromatic carbocycles. The molecule has 1 aliphatic heterocycles. The first kappa shape index (κ1) is 16.0. The van der Waals surface area contributed by atoms with Crippen LogP contribution in [0.25, 0.3) is 0 Å². The summed E-state index contributed by atoms with van der Waals surface area (Å²) >= 11 is 1.91. The highest BCUT2D eigenvalue weighted by Crippen LogP contribution is 2.31. The lowest BCUT2D eigenvalue weighted by atomic mass is 9.90. The summed E-state index contributed by atoms with van der Waals surface area (Å²) in [5, 5.41) is 2.23. The molecular formula is C17H30N2S. The van der Waals surface area contributed by atoms with E-state index in [0.717, 1.165) is 13.1 Å². The SMILES string of the molecule is CCCCCCCC(C)(CN)N1CCc2sccc2C1. The van der Waals surface area contributed by atoms with E-state index in [2.05, 4.69) is 30.2 Å². The van der Waals surface area contributed by atoms with Crippen LogP contribution in [0.2, 0.25) is 0 Å². The van der Waals surface area contributed by atoms with Crippen LogP contribution in [0, 0.1) is 0 Å². The Morgan fingerprint density at radius 1 is 1.30 bits per heavy atom. The molecule has 0 amide bonds. The van der Waals surface area contributed by atoms with Gasteiger partial charge in [-0.2, -0.15) is 0 Å². The molecule has 2 rings (SSSR count). The molecule has 0 aliphatic carbocycles. The summed E-state index contributed by atoms with van der Waals surface area (Å²) in [4.78, 5) is 4.21. The molecule has 1 aromatic heterocycles. The zero-order valence-corrected chi connectivity index (χ0v) is 14.0. The maximum absolute atomic E-state index is 6.13.